The highest BCUT2D eigenvalue weighted by atomic mass is 35.5. The molecule has 0 saturated carbocycles. The Hall–Kier alpha value is -2.08. The van der Waals surface area contributed by atoms with Gasteiger partial charge in [-0.15, -0.1) is 0 Å². The Bertz CT molecular complexity index is 750. The van der Waals surface area contributed by atoms with Crippen molar-refractivity contribution in [2.24, 2.45) is 0 Å². The molecule has 2 rings (SSSR count). The first-order chi connectivity index (χ1) is 13.4. The predicted octanol–water partition coefficient (Wildman–Crippen LogP) is 3.89. The summed E-state index contributed by atoms with van der Waals surface area (Å²) in [6.07, 6.45) is -0.0455. The minimum Gasteiger partial charge on any atom is -0.484 e. The van der Waals surface area contributed by atoms with Gasteiger partial charge in [-0.05, 0) is 41.3 Å². The summed E-state index contributed by atoms with van der Waals surface area (Å²) in [4.78, 5) is 13.1. The van der Waals surface area contributed by atoms with Gasteiger partial charge in [0.1, 0.15) is 5.75 Å². The highest BCUT2D eigenvalue weighted by Gasteiger charge is 2.12. The van der Waals surface area contributed by atoms with Gasteiger partial charge in [0.15, 0.2) is 6.61 Å². The van der Waals surface area contributed by atoms with Crippen LogP contribution in [0, 0.1) is 0 Å². The molecule has 0 fully saturated rings. The fourth-order valence-electron chi connectivity index (χ4n) is 2.76. The topological polar surface area (TPSA) is 50.8 Å². The van der Waals surface area contributed by atoms with Crippen molar-refractivity contribution in [1.29, 1.82) is 0 Å². The number of methoxy groups -OCH3 is 1. The highest BCUT2D eigenvalue weighted by molar-refractivity contribution is 6.30. The van der Waals surface area contributed by atoms with Gasteiger partial charge in [0, 0.05) is 39.3 Å². The van der Waals surface area contributed by atoms with Gasteiger partial charge < -0.3 is 19.7 Å². The van der Waals surface area contributed by atoms with Crippen LogP contribution in [-0.4, -0.2) is 51.7 Å². The Morgan fingerprint density at radius 1 is 1.11 bits per heavy atom. The molecule has 152 valence electrons. The molecule has 0 aliphatic carbocycles. The fraction of sp³-hybridized carbons (Fsp3) is 0.409. The standard InChI is InChI=1S/C22H29ClN2O3/c1-16(13-24-14-21(27-4)18-6-5-7-19(23)12-18)17-8-10-20(11-9-17)28-15-22(26)25(2)3/h5-12,16,21,24H,13-15H2,1-4H3. The maximum absolute atomic E-state index is 11.6. The number of likely N-dealkylation sites (N-methyl/N-ethyl adjacent to an activating group) is 1. The number of rotatable bonds is 10. The zero-order valence-electron chi connectivity index (χ0n) is 16.9. The molecule has 0 heterocycles. The molecule has 0 aliphatic rings. The average Bonchev–Trinajstić information content (AvgIpc) is 2.69. The molecule has 1 N–H and O–H groups in total. The molecule has 0 aromatic heterocycles. The summed E-state index contributed by atoms with van der Waals surface area (Å²) in [7, 11) is 5.13. The third-order valence-corrected chi connectivity index (χ3v) is 4.83. The molecule has 2 aromatic carbocycles. The van der Waals surface area contributed by atoms with Crippen molar-refractivity contribution >= 4 is 17.5 Å². The van der Waals surface area contributed by atoms with E-state index < -0.39 is 0 Å². The van der Waals surface area contributed by atoms with E-state index in [0.29, 0.717) is 23.2 Å². The van der Waals surface area contributed by atoms with Gasteiger partial charge in [-0.3, -0.25) is 4.79 Å². The van der Waals surface area contributed by atoms with E-state index in [1.54, 1.807) is 21.2 Å². The van der Waals surface area contributed by atoms with E-state index in [1.807, 2.05) is 48.5 Å². The fourth-order valence-corrected chi connectivity index (χ4v) is 2.96. The average molecular weight is 405 g/mol. The molecule has 0 spiro atoms. The van der Waals surface area contributed by atoms with Crippen LogP contribution in [-0.2, 0) is 9.53 Å². The highest BCUT2D eigenvalue weighted by Crippen LogP contribution is 2.21. The second-order valence-corrected chi connectivity index (χ2v) is 7.42. The summed E-state index contributed by atoms with van der Waals surface area (Å²) in [5.41, 5.74) is 2.26. The van der Waals surface area contributed by atoms with Crippen molar-refractivity contribution in [2.45, 2.75) is 18.9 Å². The van der Waals surface area contributed by atoms with E-state index in [4.69, 9.17) is 21.1 Å². The minimum atomic E-state index is -0.0611. The molecule has 2 aromatic rings. The van der Waals surface area contributed by atoms with Crippen molar-refractivity contribution in [2.75, 3.05) is 40.9 Å². The molecule has 0 aliphatic heterocycles. The van der Waals surface area contributed by atoms with Crippen molar-refractivity contribution in [3.8, 4) is 5.75 Å². The van der Waals surface area contributed by atoms with Crippen molar-refractivity contribution < 1.29 is 14.3 Å². The summed E-state index contributed by atoms with van der Waals surface area (Å²) >= 11 is 6.07. The molecule has 0 bridgehead atoms. The second kappa shape index (κ2) is 11.1. The van der Waals surface area contributed by atoms with Crippen LogP contribution in [0.3, 0.4) is 0 Å². The van der Waals surface area contributed by atoms with E-state index in [0.717, 1.165) is 12.1 Å². The number of hydrogen-bond acceptors (Lipinski definition) is 4. The number of benzene rings is 2. The SMILES string of the molecule is COC(CNCC(C)c1ccc(OCC(=O)N(C)C)cc1)c1cccc(Cl)c1. The lowest BCUT2D eigenvalue weighted by Gasteiger charge is -2.19. The molecule has 1 amide bonds. The van der Waals surface area contributed by atoms with Gasteiger partial charge in [0.05, 0.1) is 6.10 Å². The first-order valence-electron chi connectivity index (χ1n) is 9.32. The van der Waals surface area contributed by atoms with Crippen LogP contribution >= 0.6 is 11.6 Å². The first kappa shape index (κ1) is 22.2. The van der Waals surface area contributed by atoms with Crippen LogP contribution in [0.1, 0.15) is 30.1 Å². The van der Waals surface area contributed by atoms with Gasteiger partial charge in [0.2, 0.25) is 0 Å². The summed E-state index contributed by atoms with van der Waals surface area (Å²) in [5.74, 6) is 0.961. The van der Waals surface area contributed by atoms with Crippen molar-refractivity contribution in [3.63, 3.8) is 0 Å². The summed E-state index contributed by atoms with van der Waals surface area (Å²) in [5, 5.41) is 4.18. The number of nitrogens with one attached hydrogen (secondary N) is 1. The molecule has 5 nitrogen and oxygen atoms in total. The maximum atomic E-state index is 11.6. The van der Waals surface area contributed by atoms with Crippen LogP contribution < -0.4 is 10.1 Å². The third kappa shape index (κ3) is 6.82. The monoisotopic (exact) mass is 404 g/mol. The Morgan fingerprint density at radius 3 is 2.43 bits per heavy atom. The van der Waals surface area contributed by atoms with Crippen LogP contribution in [0.5, 0.6) is 5.75 Å². The lowest BCUT2D eigenvalue weighted by atomic mass is 10.0. The quantitative estimate of drug-likeness (QED) is 0.652. The Balaban J connectivity index is 1.82. The number of nitrogens with zero attached hydrogens (tertiary/aromatic N) is 1. The van der Waals surface area contributed by atoms with Gasteiger partial charge in [-0.1, -0.05) is 42.8 Å². The van der Waals surface area contributed by atoms with Gasteiger partial charge >= 0.3 is 0 Å². The predicted molar refractivity (Wildman–Crippen MR) is 113 cm³/mol. The lowest BCUT2D eigenvalue weighted by molar-refractivity contribution is -0.130. The smallest absolute Gasteiger partial charge is 0.259 e. The number of carbonyl (C=O) groups excluding carboxylic acids is 1. The van der Waals surface area contributed by atoms with E-state index in [9.17, 15) is 4.79 Å². The van der Waals surface area contributed by atoms with Gasteiger partial charge in [-0.2, -0.15) is 0 Å². The zero-order valence-corrected chi connectivity index (χ0v) is 17.7. The summed E-state index contributed by atoms with van der Waals surface area (Å²) in [6.45, 7) is 3.74. The molecule has 0 radical (unpaired) electrons. The maximum Gasteiger partial charge on any atom is 0.259 e. The van der Waals surface area contributed by atoms with Crippen LogP contribution in [0.2, 0.25) is 5.02 Å². The Kier molecular flexibility index (Phi) is 8.77. The zero-order chi connectivity index (χ0) is 20.5. The Morgan fingerprint density at radius 2 is 1.82 bits per heavy atom. The largest absolute Gasteiger partial charge is 0.484 e. The Labute approximate surface area is 172 Å². The minimum absolute atomic E-state index is 0.0455. The number of halogens is 1. The molecule has 6 heteroatoms. The van der Waals surface area contributed by atoms with Crippen LogP contribution in [0.4, 0.5) is 0 Å². The van der Waals surface area contributed by atoms with Crippen molar-refractivity contribution in [1.82, 2.24) is 10.2 Å². The summed E-state index contributed by atoms with van der Waals surface area (Å²) in [6, 6.07) is 15.6. The van der Waals surface area contributed by atoms with Gasteiger partial charge in [-0.25, -0.2) is 0 Å². The van der Waals surface area contributed by atoms with Gasteiger partial charge in [0.25, 0.3) is 5.91 Å². The van der Waals surface area contributed by atoms with Crippen molar-refractivity contribution in [3.05, 3.63) is 64.7 Å². The van der Waals surface area contributed by atoms with E-state index in [2.05, 4.69) is 12.2 Å². The normalized spacial score (nSPS) is 13.0. The first-order valence-corrected chi connectivity index (χ1v) is 9.70. The van der Waals surface area contributed by atoms with Crippen LogP contribution in [0.25, 0.3) is 0 Å². The molecule has 28 heavy (non-hydrogen) atoms. The molecular weight excluding hydrogens is 376 g/mol. The molecule has 2 atom stereocenters. The molecular formula is C22H29ClN2O3. The number of amides is 1. The second-order valence-electron chi connectivity index (χ2n) is 6.98. The van der Waals surface area contributed by atoms with Crippen LogP contribution in [0.15, 0.2) is 48.5 Å². The molecule has 2 unspecified atom stereocenters. The van der Waals surface area contributed by atoms with E-state index in [-0.39, 0.29) is 18.6 Å². The lowest BCUT2D eigenvalue weighted by Crippen LogP contribution is -2.27. The summed E-state index contributed by atoms with van der Waals surface area (Å²) < 4.78 is 11.1. The number of hydrogen-bond donors (Lipinski definition) is 1. The number of carbonyl (C=O) groups is 1. The number of ether oxygens (including phenoxy) is 2. The third-order valence-electron chi connectivity index (χ3n) is 4.60. The molecule has 0 saturated heterocycles. The van der Waals surface area contributed by atoms with E-state index in [1.165, 1.54) is 10.5 Å². The van der Waals surface area contributed by atoms with E-state index >= 15 is 0 Å².